The molecule has 0 bridgehead atoms. The van der Waals surface area contributed by atoms with Crippen LogP contribution in [0.1, 0.15) is 20.9 Å². The first kappa shape index (κ1) is 23.0. The SMILES string of the molecule is COc1cc(NC(=O)Cc2cccs2)c(C(=O)OCc2cc(=O)n3ccccc3n2)cc1OC. The van der Waals surface area contributed by atoms with Gasteiger partial charge >= 0.3 is 5.97 Å². The highest BCUT2D eigenvalue weighted by molar-refractivity contribution is 7.10. The van der Waals surface area contributed by atoms with Crippen LogP contribution in [0.5, 0.6) is 11.5 Å². The molecule has 0 spiro atoms. The number of benzene rings is 1. The molecule has 10 heteroatoms. The summed E-state index contributed by atoms with van der Waals surface area (Å²) in [5, 5.41) is 4.63. The molecule has 4 rings (SSSR count). The number of rotatable bonds is 8. The van der Waals surface area contributed by atoms with Crippen LogP contribution < -0.4 is 20.3 Å². The lowest BCUT2D eigenvalue weighted by molar-refractivity contribution is -0.115. The van der Waals surface area contributed by atoms with E-state index in [4.69, 9.17) is 14.2 Å². The Labute approximate surface area is 198 Å². The highest BCUT2D eigenvalue weighted by Crippen LogP contribution is 2.34. The fourth-order valence-electron chi connectivity index (χ4n) is 3.31. The van der Waals surface area contributed by atoms with Crippen molar-refractivity contribution in [1.82, 2.24) is 9.38 Å². The largest absolute Gasteiger partial charge is 0.493 e. The van der Waals surface area contributed by atoms with Crippen LogP contribution in [-0.2, 0) is 22.6 Å². The third-order valence-corrected chi connectivity index (χ3v) is 5.78. The van der Waals surface area contributed by atoms with Crippen molar-refractivity contribution in [3.05, 3.63) is 86.6 Å². The fourth-order valence-corrected chi connectivity index (χ4v) is 4.01. The van der Waals surface area contributed by atoms with Crippen LogP contribution in [0.3, 0.4) is 0 Å². The maximum Gasteiger partial charge on any atom is 0.340 e. The Kier molecular flexibility index (Phi) is 6.88. The molecular weight excluding hydrogens is 458 g/mol. The van der Waals surface area contributed by atoms with Crippen molar-refractivity contribution in [3.8, 4) is 11.5 Å². The standard InChI is InChI=1S/C24H21N3O6S/c1-31-19-12-17(18(13-20(19)32-2)26-22(28)11-16-6-5-9-34-16)24(30)33-14-15-10-23(29)27-8-4-3-7-21(27)25-15/h3-10,12-13H,11,14H2,1-2H3,(H,26,28). The maximum absolute atomic E-state index is 13.0. The van der Waals surface area contributed by atoms with Crippen LogP contribution in [0.2, 0.25) is 0 Å². The van der Waals surface area contributed by atoms with Crippen molar-refractivity contribution in [1.29, 1.82) is 0 Å². The molecule has 1 amide bonds. The minimum absolute atomic E-state index is 0.0784. The molecule has 3 heterocycles. The Hall–Kier alpha value is -4.18. The molecule has 0 aliphatic rings. The second-order valence-corrected chi connectivity index (χ2v) is 8.18. The molecule has 34 heavy (non-hydrogen) atoms. The summed E-state index contributed by atoms with van der Waals surface area (Å²) in [4.78, 5) is 43.1. The third-order valence-electron chi connectivity index (χ3n) is 4.91. The van der Waals surface area contributed by atoms with Gasteiger partial charge in [0.2, 0.25) is 5.91 Å². The van der Waals surface area contributed by atoms with E-state index in [0.717, 1.165) is 4.88 Å². The zero-order valence-electron chi connectivity index (χ0n) is 18.4. The molecule has 3 aromatic heterocycles. The molecule has 0 fully saturated rings. The summed E-state index contributed by atoms with van der Waals surface area (Å²) >= 11 is 1.46. The maximum atomic E-state index is 13.0. The molecule has 0 saturated carbocycles. The minimum Gasteiger partial charge on any atom is -0.493 e. The number of pyridine rings is 1. The van der Waals surface area contributed by atoms with Crippen LogP contribution in [0.25, 0.3) is 5.65 Å². The smallest absolute Gasteiger partial charge is 0.340 e. The number of ether oxygens (including phenoxy) is 3. The van der Waals surface area contributed by atoms with Crippen molar-refractivity contribution in [3.63, 3.8) is 0 Å². The zero-order chi connectivity index (χ0) is 24.1. The number of amides is 1. The quantitative estimate of drug-likeness (QED) is 0.386. The molecule has 174 valence electrons. The first-order valence-electron chi connectivity index (χ1n) is 10.2. The minimum atomic E-state index is -0.720. The number of anilines is 1. The Balaban J connectivity index is 1.58. The van der Waals surface area contributed by atoms with E-state index in [2.05, 4.69) is 10.3 Å². The third kappa shape index (κ3) is 5.07. The van der Waals surface area contributed by atoms with E-state index in [1.807, 2.05) is 17.5 Å². The number of fused-ring (bicyclic) bond motifs is 1. The molecule has 0 saturated heterocycles. The molecule has 0 unspecified atom stereocenters. The van der Waals surface area contributed by atoms with E-state index in [0.29, 0.717) is 22.8 Å². The van der Waals surface area contributed by atoms with Gasteiger partial charge in [-0.2, -0.15) is 0 Å². The topological polar surface area (TPSA) is 108 Å². The average Bonchev–Trinajstić information content (AvgIpc) is 3.35. The van der Waals surface area contributed by atoms with Gasteiger partial charge in [-0.25, -0.2) is 9.78 Å². The second-order valence-electron chi connectivity index (χ2n) is 7.15. The predicted molar refractivity (Wildman–Crippen MR) is 127 cm³/mol. The second kappa shape index (κ2) is 10.2. The number of hydrogen-bond acceptors (Lipinski definition) is 8. The van der Waals surface area contributed by atoms with E-state index < -0.39 is 5.97 Å². The molecular formula is C24H21N3O6S. The number of thiophene rings is 1. The van der Waals surface area contributed by atoms with Gasteiger partial charge in [-0.1, -0.05) is 12.1 Å². The lowest BCUT2D eigenvalue weighted by Crippen LogP contribution is -2.18. The number of hydrogen-bond donors (Lipinski definition) is 1. The number of nitrogens with zero attached hydrogens (tertiary/aromatic N) is 2. The van der Waals surface area contributed by atoms with E-state index in [1.54, 1.807) is 24.4 Å². The van der Waals surface area contributed by atoms with E-state index in [-0.39, 0.29) is 35.7 Å². The molecule has 0 aliphatic heterocycles. The molecule has 4 aromatic rings. The molecule has 0 atom stereocenters. The van der Waals surface area contributed by atoms with Gasteiger partial charge in [-0.15, -0.1) is 11.3 Å². The van der Waals surface area contributed by atoms with Gasteiger partial charge < -0.3 is 19.5 Å². The first-order valence-corrected chi connectivity index (χ1v) is 11.1. The highest BCUT2D eigenvalue weighted by Gasteiger charge is 2.20. The van der Waals surface area contributed by atoms with Gasteiger partial charge in [0.05, 0.1) is 37.6 Å². The van der Waals surface area contributed by atoms with E-state index >= 15 is 0 Å². The number of carbonyl (C=O) groups is 2. The predicted octanol–water partition coefficient (Wildman–Crippen LogP) is 3.31. The van der Waals surface area contributed by atoms with Crippen LogP contribution in [-0.4, -0.2) is 35.5 Å². The van der Waals surface area contributed by atoms with Crippen LogP contribution >= 0.6 is 11.3 Å². The van der Waals surface area contributed by atoms with Gasteiger partial charge in [0, 0.05) is 29.3 Å². The molecule has 9 nitrogen and oxygen atoms in total. The average molecular weight is 480 g/mol. The van der Waals surface area contributed by atoms with Gasteiger partial charge in [0.15, 0.2) is 11.5 Å². The van der Waals surface area contributed by atoms with Crippen molar-refractivity contribution in [2.24, 2.45) is 0 Å². The van der Waals surface area contributed by atoms with Crippen LogP contribution in [0, 0.1) is 0 Å². The Morgan fingerprint density at radius 3 is 2.59 bits per heavy atom. The first-order chi connectivity index (χ1) is 16.5. The normalized spacial score (nSPS) is 10.6. The van der Waals surface area contributed by atoms with Crippen LogP contribution in [0.4, 0.5) is 5.69 Å². The van der Waals surface area contributed by atoms with Gasteiger partial charge in [0.25, 0.3) is 5.56 Å². The lowest BCUT2D eigenvalue weighted by Gasteiger charge is -2.15. The van der Waals surface area contributed by atoms with Gasteiger partial charge in [-0.05, 0) is 23.6 Å². The van der Waals surface area contributed by atoms with Gasteiger partial charge in [0.1, 0.15) is 12.3 Å². The Morgan fingerprint density at radius 1 is 1.06 bits per heavy atom. The van der Waals surface area contributed by atoms with Crippen LogP contribution in [0.15, 0.2) is 64.9 Å². The zero-order valence-corrected chi connectivity index (χ0v) is 19.3. The summed E-state index contributed by atoms with van der Waals surface area (Å²) in [5.74, 6) is -0.377. The van der Waals surface area contributed by atoms with Gasteiger partial charge in [-0.3, -0.25) is 14.0 Å². The van der Waals surface area contributed by atoms with E-state index in [1.165, 1.54) is 48.2 Å². The number of nitrogens with one attached hydrogen (secondary N) is 1. The molecule has 1 aromatic carbocycles. The number of aromatic nitrogens is 2. The Morgan fingerprint density at radius 2 is 1.85 bits per heavy atom. The summed E-state index contributed by atoms with van der Waals surface area (Å²) in [5.41, 5.74) is 0.747. The van der Waals surface area contributed by atoms with Crippen molar-refractivity contribution >= 4 is 34.5 Å². The molecule has 0 aliphatic carbocycles. The summed E-state index contributed by atoms with van der Waals surface area (Å²) in [7, 11) is 2.89. The van der Waals surface area contributed by atoms with Crippen molar-refractivity contribution in [2.45, 2.75) is 13.0 Å². The number of methoxy groups -OCH3 is 2. The summed E-state index contributed by atoms with van der Waals surface area (Å²) in [6, 6.07) is 13.1. The Bertz CT molecular complexity index is 1400. The number of carbonyl (C=O) groups excluding carboxylic acids is 2. The summed E-state index contributed by atoms with van der Waals surface area (Å²) in [6.07, 6.45) is 1.76. The highest BCUT2D eigenvalue weighted by atomic mass is 32.1. The molecule has 1 N–H and O–H groups in total. The lowest BCUT2D eigenvalue weighted by atomic mass is 10.1. The van der Waals surface area contributed by atoms with Crippen molar-refractivity contribution in [2.75, 3.05) is 19.5 Å². The monoisotopic (exact) mass is 479 g/mol. The summed E-state index contributed by atoms with van der Waals surface area (Å²) in [6.45, 7) is -0.226. The van der Waals surface area contributed by atoms with E-state index in [9.17, 15) is 14.4 Å². The fraction of sp³-hybridized carbons (Fsp3) is 0.167. The van der Waals surface area contributed by atoms with Crippen molar-refractivity contribution < 1.29 is 23.8 Å². The number of esters is 1. The molecule has 0 radical (unpaired) electrons. The summed E-state index contributed by atoms with van der Waals surface area (Å²) < 4.78 is 17.4.